The molecule has 786 valence electrons. The number of aromatic nitrogens is 18. The molecule has 0 atom stereocenters. The molecule has 6 aromatic heterocycles. The Kier molecular flexibility index (Phi) is 45.7. The van der Waals surface area contributed by atoms with E-state index in [1.807, 2.05) is 65.0 Å². The van der Waals surface area contributed by atoms with Crippen LogP contribution < -0.4 is 20.1 Å². The van der Waals surface area contributed by atoms with Gasteiger partial charge in [-0.25, -0.2) is 95.9 Å². The van der Waals surface area contributed by atoms with Crippen molar-refractivity contribution in [3.8, 4) is 85.6 Å². The second-order valence-electron chi connectivity index (χ2n) is 35.1. The summed E-state index contributed by atoms with van der Waals surface area (Å²) in [5.74, 6) is -0.446. The molecular formula is C105H123ClF4N20O18. The van der Waals surface area contributed by atoms with Crippen LogP contribution in [0.15, 0.2) is 196 Å². The molecule has 1 saturated carbocycles. The third-order valence-electron chi connectivity index (χ3n) is 18.5. The standard InChI is InChI=1S/C21H25N3O5.C19H24N4O2.C18H24N4O2.C17H20ClN3O4.C15H13F4N3O2.C15H17N3O3/c1-14(2)28-19(25)6-8-24-13-22-21(23-24)17-10-16(5)11-18(12-17)27-9-7-20(26)29-15(3)4;1-13(2)25-18(24)7-8-23-12-20-19(22-23)15-9-14(3)10-17(11-15)21-16-5-4-6-16;1-12(2)20-16-9-14(5)8-15(10-16)18-19-11-22(21-18)7-6-17(23)24-13(3)4;1-12(2)25-16(22)4-5-21-11-19-17(20-21)13-8-14(18)10-15(9-13)24-7-6-23-3;1-9(2)24-13(23)3-4-22-8-20-14(21-22)10-5-11(15(17,18)19)7-12(16)6-10;1-10(2)21-14(20)4-5-18-9-16-15(17-18)12-6-11(3)7-13(19)8-12/h6-15H,1-5H3;7-13,16,21H,4-6H2,1-3H3;6-13,20H,1-5H3;4-5,8-12H,6-7H2,1-3H3;3-9H,1-2H3;4-10,19H,1-3H3/b8-6-,9-7+;8-7-;7-6-;5-4-;4-3-;5-4-. The number of aromatic hydroxyl groups is 1. The number of aryl methyl sites for hydroxylation is 4. The minimum absolute atomic E-state index is 0.109. The van der Waals surface area contributed by atoms with Gasteiger partial charge in [0.05, 0.1) is 67.2 Å². The maximum atomic E-state index is 13.4. The lowest BCUT2D eigenvalue weighted by molar-refractivity contribution is -0.142. The first-order valence-corrected chi connectivity index (χ1v) is 47.3. The summed E-state index contributed by atoms with van der Waals surface area (Å²) in [5.41, 5.74) is 9.05. The molecular weight excluding hydrogens is 1940 g/mol. The number of nitrogens with zero attached hydrogens (tertiary/aromatic N) is 18. The number of benzene rings is 6. The van der Waals surface area contributed by atoms with Crippen molar-refractivity contribution in [2.24, 2.45) is 0 Å². The Bertz CT molecular complexity index is 6610. The average molecular weight is 2060 g/mol. The molecule has 6 heterocycles. The van der Waals surface area contributed by atoms with Crippen molar-refractivity contribution in [2.75, 3.05) is 31.0 Å². The second kappa shape index (κ2) is 57.9. The zero-order chi connectivity index (χ0) is 108. The van der Waals surface area contributed by atoms with Crippen molar-refractivity contribution < 1.29 is 104 Å². The molecule has 0 saturated heterocycles. The number of phenols is 1. The number of esters is 7. The molecule has 1 aliphatic carbocycles. The number of anilines is 2. The Balaban J connectivity index is 0.000000217. The zero-order valence-corrected chi connectivity index (χ0v) is 86.8. The molecule has 13 rings (SSSR count). The van der Waals surface area contributed by atoms with Crippen molar-refractivity contribution in [2.45, 2.75) is 219 Å². The summed E-state index contributed by atoms with van der Waals surface area (Å²) in [4.78, 5) is 105. The highest BCUT2D eigenvalue weighted by atomic mass is 35.5. The molecule has 0 spiro atoms. The van der Waals surface area contributed by atoms with E-state index >= 15 is 0 Å². The number of methoxy groups -OCH3 is 1. The third-order valence-corrected chi connectivity index (χ3v) is 18.7. The molecule has 1 aliphatic rings. The van der Waals surface area contributed by atoms with E-state index in [1.54, 1.807) is 145 Å². The van der Waals surface area contributed by atoms with Crippen molar-refractivity contribution >= 4 is 102 Å². The SMILES string of the molecule is CC(C)OC(=O)/C=C\n1cnc(-c2cc(F)cc(C(F)(F)F)c2)n1.COCCOc1cc(Cl)cc(-c2ncn(/C=C\C(=O)OC(C)C)n2)c1.Cc1cc(NC(C)C)cc(-c2ncn(/C=C\C(=O)OC(C)C)n2)c1.Cc1cc(NC2CCC2)cc(-c2ncn(/C=C\C(=O)OC(C)C)n2)c1.Cc1cc(O)cc(-c2ncn(/C=C\C(=O)OC(C)C)n2)c1.Cc1cc(O/C=C/C(=O)OC(C)C)cc(-c2ncn(/C=C\C(=O)OC(C)C)n2)c1. The molecule has 43 heteroatoms. The van der Waals surface area contributed by atoms with E-state index in [9.17, 15) is 56.2 Å². The Hall–Kier alpha value is -16.4. The van der Waals surface area contributed by atoms with Crippen LogP contribution >= 0.6 is 11.6 Å². The highest BCUT2D eigenvalue weighted by molar-refractivity contribution is 6.31. The number of phenolic OH excluding ortho intramolecular Hbond substituents is 1. The van der Waals surface area contributed by atoms with Crippen LogP contribution in [0.4, 0.5) is 28.9 Å². The highest BCUT2D eigenvalue weighted by Gasteiger charge is 2.32. The quantitative estimate of drug-likeness (QED) is 0.00820. The van der Waals surface area contributed by atoms with E-state index in [2.05, 4.69) is 116 Å². The third kappa shape index (κ3) is 43.3. The topological polar surface area (TPSA) is 440 Å². The molecule has 0 bridgehead atoms. The molecule has 1 fully saturated rings. The summed E-state index contributed by atoms with van der Waals surface area (Å²) in [6, 6.07) is 31.2. The number of alkyl halides is 3. The van der Waals surface area contributed by atoms with Gasteiger partial charge in [-0.3, -0.25) is 0 Å². The molecule has 12 aromatic rings. The molecule has 3 N–H and O–H groups in total. The van der Waals surface area contributed by atoms with Crippen LogP contribution in [0.5, 0.6) is 17.2 Å². The molecule has 148 heavy (non-hydrogen) atoms. The highest BCUT2D eigenvalue weighted by Crippen LogP contribution is 2.35. The minimum atomic E-state index is -4.68. The molecule has 0 radical (unpaired) electrons. The summed E-state index contributed by atoms with van der Waals surface area (Å²) in [6.45, 7) is 37.8. The van der Waals surface area contributed by atoms with Crippen LogP contribution in [0, 0.1) is 33.5 Å². The van der Waals surface area contributed by atoms with Gasteiger partial charge in [0, 0.05) is 143 Å². The number of nitrogens with one attached hydrogen (secondary N) is 2. The van der Waals surface area contributed by atoms with Crippen LogP contribution in [0.3, 0.4) is 0 Å². The summed E-state index contributed by atoms with van der Waals surface area (Å²) in [5, 5.41) is 42.5. The van der Waals surface area contributed by atoms with E-state index < -0.39 is 59.3 Å². The van der Waals surface area contributed by atoms with Gasteiger partial charge in [-0.1, -0.05) is 11.6 Å². The summed E-state index contributed by atoms with van der Waals surface area (Å²) in [6.07, 6.45) is 25.4. The predicted molar refractivity (Wildman–Crippen MR) is 551 cm³/mol. The van der Waals surface area contributed by atoms with Crippen LogP contribution in [0.1, 0.15) is 158 Å². The Morgan fingerprint density at radius 3 is 1.03 bits per heavy atom. The van der Waals surface area contributed by atoms with Crippen LogP contribution in [-0.2, 0) is 77.6 Å². The number of carbonyl (C=O) groups is 7. The van der Waals surface area contributed by atoms with E-state index in [1.165, 1.54) is 142 Å². The summed E-state index contributed by atoms with van der Waals surface area (Å²) < 4.78 is 111. The smallest absolute Gasteiger partial charge is 0.416 e. The van der Waals surface area contributed by atoms with Crippen LogP contribution in [0.2, 0.25) is 5.02 Å². The van der Waals surface area contributed by atoms with Crippen molar-refractivity contribution in [3.05, 3.63) is 235 Å². The number of ether oxygens (including phenoxy) is 10. The Labute approximate surface area is 859 Å². The van der Waals surface area contributed by atoms with Gasteiger partial charge in [0.2, 0.25) is 0 Å². The number of rotatable bonds is 36. The van der Waals surface area contributed by atoms with Gasteiger partial charge in [0.15, 0.2) is 34.9 Å². The maximum absolute atomic E-state index is 13.4. The van der Waals surface area contributed by atoms with E-state index in [0.29, 0.717) is 88.1 Å². The maximum Gasteiger partial charge on any atom is 0.416 e. The van der Waals surface area contributed by atoms with Crippen molar-refractivity contribution in [1.29, 1.82) is 0 Å². The monoisotopic (exact) mass is 2060 g/mol. The Morgan fingerprint density at radius 1 is 0.385 bits per heavy atom. The lowest BCUT2D eigenvalue weighted by Crippen LogP contribution is -2.26. The van der Waals surface area contributed by atoms with Crippen molar-refractivity contribution in [1.82, 2.24) is 88.6 Å². The van der Waals surface area contributed by atoms with Gasteiger partial charge in [0.25, 0.3) is 0 Å². The van der Waals surface area contributed by atoms with Gasteiger partial charge in [0.1, 0.15) is 67.6 Å². The average Bonchev–Trinajstić information content (AvgIpc) is 1.34. The van der Waals surface area contributed by atoms with Gasteiger partial charge >= 0.3 is 48.0 Å². The zero-order valence-electron chi connectivity index (χ0n) is 86.0. The van der Waals surface area contributed by atoms with Gasteiger partial charge in [-0.15, -0.1) is 30.6 Å². The van der Waals surface area contributed by atoms with E-state index in [-0.39, 0.29) is 59.9 Å². The number of hydrogen-bond donors (Lipinski definition) is 3. The van der Waals surface area contributed by atoms with Gasteiger partial charge < -0.3 is 63.1 Å². The first-order valence-electron chi connectivity index (χ1n) is 47.0. The summed E-state index contributed by atoms with van der Waals surface area (Å²) >= 11 is 6.12. The first-order chi connectivity index (χ1) is 70.1. The fourth-order valence-corrected chi connectivity index (χ4v) is 12.8. The molecule has 6 aromatic carbocycles. The van der Waals surface area contributed by atoms with Crippen LogP contribution in [-0.4, -0.2) is 211 Å². The first kappa shape index (κ1) is 117. The predicted octanol–water partition coefficient (Wildman–Crippen LogP) is 19.6. The molecule has 0 unspecified atom stereocenters. The minimum Gasteiger partial charge on any atom is -0.508 e. The largest absolute Gasteiger partial charge is 0.508 e. The lowest BCUT2D eigenvalue weighted by atomic mass is 9.93. The number of halogens is 5. The van der Waals surface area contributed by atoms with Gasteiger partial charge in [-0.05, 0) is 289 Å². The van der Waals surface area contributed by atoms with Crippen LogP contribution in [0.25, 0.3) is 106 Å². The fourth-order valence-electron chi connectivity index (χ4n) is 12.6. The molecule has 0 aliphatic heterocycles. The van der Waals surface area contributed by atoms with Crippen molar-refractivity contribution in [3.63, 3.8) is 0 Å². The van der Waals surface area contributed by atoms with E-state index in [4.69, 9.17) is 59.0 Å². The number of carbonyl (C=O) groups excluding carboxylic acids is 7. The van der Waals surface area contributed by atoms with E-state index in [0.717, 1.165) is 73.2 Å². The summed E-state index contributed by atoms with van der Waals surface area (Å²) in [7, 11) is 1.60. The normalized spacial score (nSPS) is 12.1. The molecule has 38 nitrogen and oxygen atoms in total. The number of hydrogen-bond acceptors (Lipinski definition) is 32. The van der Waals surface area contributed by atoms with Gasteiger partial charge in [-0.2, -0.15) is 13.2 Å². The fraction of sp³-hybridized carbons (Fsp3) is 0.343. The molecule has 0 amide bonds. The Morgan fingerprint density at radius 2 is 0.696 bits per heavy atom. The lowest BCUT2D eigenvalue weighted by Gasteiger charge is -2.27. The second-order valence-corrected chi connectivity index (χ2v) is 35.5.